The van der Waals surface area contributed by atoms with Crippen LogP contribution in [0.2, 0.25) is 0 Å². The van der Waals surface area contributed by atoms with Crippen LogP contribution in [0.4, 0.5) is 11.4 Å². The molecule has 0 unspecified atom stereocenters. The lowest BCUT2D eigenvalue weighted by molar-refractivity contribution is -0.121. The van der Waals surface area contributed by atoms with E-state index in [-0.39, 0.29) is 18.9 Å². The molecular weight excluding hydrogens is 434 g/mol. The molecular formula is C26H37N3O3S. The predicted molar refractivity (Wildman–Crippen MR) is 136 cm³/mol. The van der Waals surface area contributed by atoms with Crippen LogP contribution in [0.3, 0.4) is 0 Å². The number of nitrogens with one attached hydrogen (secondary N) is 1. The van der Waals surface area contributed by atoms with E-state index >= 15 is 0 Å². The number of hydrogen-bond donors (Lipinski definition) is 1. The molecule has 0 aromatic heterocycles. The van der Waals surface area contributed by atoms with Crippen LogP contribution in [-0.4, -0.2) is 40.2 Å². The highest BCUT2D eigenvalue weighted by Crippen LogP contribution is 2.24. The first-order chi connectivity index (χ1) is 15.6. The number of benzene rings is 2. The zero-order chi connectivity index (χ0) is 24.0. The van der Waals surface area contributed by atoms with Crippen LogP contribution in [0.1, 0.15) is 49.3 Å². The molecule has 1 atom stereocenters. The fourth-order valence-electron chi connectivity index (χ4n) is 4.50. The van der Waals surface area contributed by atoms with Crippen LogP contribution < -0.4 is 14.5 Å². The Bertz CT molecular complexity index is 1030. The van der Waals surface area contributed by atoms with E-state index in [1.807, 2.05) is 32.0 Å². The number of piperidine rings is 1. The monoisotopic (exact) mass is 471 g/mol. The number of nitrogens with zero attached hydrogens (tertiary/aromatic N) is 2. The second-order valence-corrected chi connectivity index (χ2v) is 11.3. The molecule has 1 N–H and O–H groups in total. The quantitative estimate of drug-likeness (QED) is 0.588. The van der Waals surface area contributed by atoms with E-state index < -0.39 is 10.0 Å². The Morgan fingerprint density at radius 2 is 1.79 bits per heavy atom. The second-order valence-electron chi connectivity index (χ2n) is 9.42. The first kappa shape index (κ1) is 25.1. The van der Waals surface area contributed by atoms with Crippen LogP contribution in [-0.2, 0) is 21.4 Å². The zero-order valence-corrected chi connectivity index (χ0v) is 21.1. The maximum absolute atomic E-state index is 12.4. The summed E-state index contributed by atoms with van der Waals surface area (Å²) < 4.78 is 26.0. The minimum atomic E-state index is -3.42. The van der Waals surface area contributed by atoms with Gasteiger partial charge in [0, 0.05) is 38.3 Å². The van der Waals surface area contributed by atoms with Gasteiger partial charge in [-0.05, 0) is 80.0 Å². The standard InChI is InChI=1S/C26H37N3O3S/c1-20-7-5-13-28(19-20)24-11-9-23(10-12-24)18-27-26(30)8-6-14-29(33(4,31)32)25-16-21(2)15-22(3)17-25/h9-12,15-17,20H,5-8,13-14,18-19H2,1-4H3,(H,27,30)/t20-/m1/s1. The maximum atomic E-state index is 12.4. The van der Waals surface area contributed by atoms with Crippen LogP contribution in [0.15, 0.2) is 42.5 Å². The van der Waals surface area contributed by atoms with Crippen LogP contribution in [0.5, 0.6) is 0 Å². The lowest BCUT2D eigenvalue weighted by Gasteiger charge is -2.32. The van der Waals surface area contributed by atoms with E-state index in [9.17, 15) is 13.2 Å². The Balaban J connectivity index is 1.48. The lowest BCUT2D eigenvalue weighted by atomic mass is 9.99. The summed E-state index contributed by atoms with van der Waals surface area (Å²) in [6, 6.07) is 14.1. The minimum Gasteiger partial charge on any atom is -0.371 e. The smallest absolute Gasteiger partial charge is 0.232 e. The summed E-state index contributed by atoms with van der Waals surface area (Å²) in [5.74, 6) is 0.657. The third-order valence-electron chi connectivity index (χ3n) is 6.11. The molecule has 0 radical (unpaired) electrons. The molecule has 0 spiro atoms. The van der Waals surface area contributed by atoms with Crippen LogP contribution in [0, 0.1) is 19.8 Å². The molecule has 7 heteroatoms. The van der Waals surface area contributed by atoms with Crippen molar-refractivity contribution in [3.05, 3.63) is 59.2 Å². The van der Waals surface area contributed by atoms with Gasteiger partial charge in [0.05, 0.1) is 11.9 Å². The van der Waals surface area contributed by atoms with Crippen molar-refractivity contribution in [1.29, 1.82) is 0 Å². The molecule has 180 valence electrons. The number of rotatable bonds is 9. The van der Waals surface area contributed by atoms with Crippen LogP contribution in [0.25, 0.3) is 0 Å². The van der Waals surface area contributed by atoms with E-state index in [0.717, 1.165) is 35.7 Å². The normalized spacial score (nSPS) is 16.5. The van der Waals surface area contributed by atoms with Gasteiger partial charge in [-0.3, -0.25) is 9.10 Å². The third kappa shape index (κ3) is 7.49. The molecule has 2 aromatic carbocycles. The molecule has 1 fully saturated rings. The van der Waals surface area contributed by atoms with Crippen molar-refractivity contribution in [3.8, 4) is 0 Å². The topological polar surface area (TPSA) is 69.7 Å². The van der Waals surface area contributed by atoms with Crippen molar-refractivity contribution in [2.24, 2.45) is 5.92 Å². The summed E-state index contributed by atoms with van der Waals surface area (Å²) >= 11 is 0. The number of anilines is 2. The molecule has 0 aliphatic carbocycles. The Hall–Kier alpha value is -2.54. The van der Waals surface area contributed by atoms with E-state index in [1.165, 1.54) is 29.1 Å². The van der Waals surface area contributed by atoms with E-state index in [1.54, 1.807) is 0 Å². The molecule has 1 aliphatic heterocycles. The lowest BCUT2D eigenvalue weighted by Crippen LogP contribution is -2.34. The van der Waals surface area contributed by atoms with Crippen molar-refractivity contribution < 1.29 is 13.2 Å². The predicted octanol–water partition coefficient (Wildman–Crippen LogP) is 4.40. The number of amides is 1. The van der Waals surface area contributed by atoms with Gasteiger partial charge >= 0.3 is 0 Å². The largest absolute Gasteiger partial charge is 0.371 e. The molecule has 1 saturated heterocycles. The van der Waals surface area contributed by atoms with E-state index in [2.05, 4.69) is 41.4 Å². The molecule has 1 aliphatic rings. The Kier molecular flexibility index (Phi) is 8.40. The summed E-state index contributed by atoms with van der Waals surface area (Å²) in [5, 5.41) is 2.95. The fraction of sp³-hybridized carbons (Fsp3) is 0.500. The number of carbonyl (C=O) groups excluding carboxylic acids is 1. The average molecular weight is 472 g/mol. The Labute approximate surface area is 199 Å². The first-order valence-corrected chi connectivity index (χ1v) is 13.6. The number of carbonyl (C=O) groups is 1. The molecule has 1 heterocycles. The van der Waals surface area contributed by atoms with Gasteiger partial charge in [-0.2, -0.15) is 0 Å². The van der Waals surface area contributed by atoms with Crippen LogP contribution >= 0.6 is 0 Å². The SMILES string of the molecule is Cc1cc(C)cc(N(CCCC(=O)NCc2ccc(N3CCC[C@@H](C)C3)cc2)S(C)(=O)=O)c1. The van der Waals surface area contributed by atoms with Crippen molar-refractivity contribution in [3.63, 3.8) is 0 Å². The van der Waals surface area contributed by atoms with Gasteiger partial charge in [-0.15, -0.1) is 0 Å². The second kappa shape index (κ2) is 11.1. The number of hydrogen-bond acceptors (Lipinski definition) is 4. The van der Waals surface area contributed by atoms with E-state index in [0.29, 0.717) is 18.7 Å². The van der Waals surface area contributed by atoms with Gasteiger partial charge in [0.15, 0.2) is 0 Å². The zero-order valence-electron chi connectivity index (χ0n) is 20.3. The summed E-state index contributed by atoms with van der Waals surface area (Å²) in [6.07, 6.45) is 4.48. The molecule has 6 nitrogen and oxygen atoms in total. The highest BCUT2D eigenvalue weighted by molar-refractivity contribution is 7.92. The third-order valence-corrected chi connectivity index (χ3v) is 7.30. The number of aryl methyl sites for hydroxylation is 2. The Morgan fingerprint density at radius 1 is 1.12 bits per heavy atom. The molecule has 33 heavy (non-hydrogen) atoms. The summed E-state index contributed by atoms with van der Waals surface area (Å²) in [7, 11) is -3.42. The van der Waals surface area contributed by atoms with Crippen molar-refractivity contribution >= 4 is 27.3 Å². The van der Waals surface area contributed by atoms with Gasteiger partial charge < -0.3 is 10.2 Å². The van der Waals surface area contributed by atoms with E-state index in [4.69, 9.17) is 0 Å². The molecule has 0 bridgehead atoms. The molecule has 2 aromatic rings. The first-order valence-electron chi connectivity index (χ1n) is 11.8. The highest BCUT2D eigenvalue weighted by atomic mass is 32.2. The van der Waals surface area contributed by atoms with Crippen molar-refractivity contribution in [2.75, 3.05) is 35.1 Å². The molecule has 3 rings (SSSR count). The van der Waals surface area contributed by atoms with Gasteiger partial charge in [0.25, 0.3) is 0 Å². The van der Waals surface area contributed by atoms with Gasteiger partial charge in [0.1, 0.15) is 0 Å². The van der Waals surface area contributed by atoms with Crippen molar-refractivity contribution in [1.82, 2.24) is 5.32 Å². The molecule has 0 saturated carbocycles. The highest BCUT2D eigenvalue weighted by Gasteiger charge is 2.19. The van der Waals surface area contributed by atoms with Gasteiger partial charge in [0.2, 0.25) is 15.9 Å². The minimum absolute atomic E-state index is 0.0715. The summed E-state index contributed by atoms with van der Waals surface area (Å²) in [4.78, 5) is 14.8. The fourth-order valence-corrected chi connectivity index (χ4v) is 5.45. The average Bonchev–Trinajstić information content (AvgIpc) is 2.74. The van der Waals surface area contributed by atoms with Gasteiger partial charge in [-0.25, -0.2) is 8.42 Å². The summed E-state index contributed by atoms with van der Waals surface area (Å²) in [6.45, 7) is 9.15. The molecule has 1 amide bonds. The Morgan fingerprint density at radius 3 is 2.39 bits per heavy atom. The maximum Gasteiger partial charge on any atom is 0.232 e. The number of sulfonamides is 1. The van der Waals surface area contributed by atoms with Crippen molar-refractivity contribution in [2.45, 2.75) is 53.0 Å². The summed E-state index contributed by atoms with van der Waals surface area (Å²) in [5.41, 5.74) is 4.97. The van der Waals surface area contributed by atoms with Gasteiger partial charge in [-0.1, -0.05) is 25.1 Å².